The van der Waals surface area contributed by atoms with E-state index in [2.05, 4.69) is 27.6 Å². The molecule has 0 aliphatic carbocycles. The molecule has 150 valence electrons. The van der Waals surface area contributed by atoms with Gasteiger partial charge in [0.25, 0.3) is 0 Å². The summed E-state index contributed by atoms with van der Waals surface area (Å²) in [5, 5.41) is 12.2. The van der Waals surface area contributed by atoms with E-state index in [0.717, 1.165) is 49.6 Å². The molecule has 28 heavy (non-hydrogen) atoms. The number of nitrogens with zero attached hydrogens (tertiary/aromatic N) is 3. The molecular formula is C19H22F3N5S. The molecule has 2 aromatic heterocycles. The lowest BCUT2D eigenvalue weighted by Crippen LogP contribution is -2.37. The Morgan fingerprint density at radius 3 is 2.82 bits per heavy atom. The normalized spacial score (nSPS) is 17.1. The Bertz CT molecular complexity index is 943. The van der Waals surface area contributed by atoms with Gasteiger partial charge in [-0.1, -0.05) is 30.4 Å². The first-order chi connectivity index (χ1) is 13.5. The molecule has 0 radical (unpaired) electrons. The van der Waals surface area contributed by atoms with E-state index in [1.54, 1.807) is 16.8 Å². The second kappa shape index (κ2) is 7.71. The molecule has 1 saturated heterocycles. The highest BCUT2D eigenvalue weighted by Crippen LogP contribution is 2.33. The van der Waals surface area contributed by atoms with Crippen LogP contribution in [0.4, 0.5) is 18.3 Å². The van der Waals surface area contributed by atoms with Gasteiger partial charge in [-0.25, -0.2) is 9.50 Å². The van der Waals surface area contributed by atoms with Crippen LogP contribution in [0.25, 0.3) is 16.2 Å². The van der Waals surface area contributed by atoms with Crippen molar-refractivity contribution in [3.8, 4) is 11.3 Å². The van der Waals surface area contributed by atoms with Gasteiger partial charge in [-0.15, -0.1) is 5.10 Å². The molecule has 0 saturated carbocycles. The lowest BCUT2D eigenvalue weighted by molar-refractivity contribution is -0.137. The van der Waals surface area contributed by atoms with Crippen LogP contribution in [0.3, 0.4) is 0 Å². The summed E-state index contributed by atoms with van der Waals surface area (Å²) in [6.45, 7) is 4.22. The van der Waals surface area contributed by atoms with Gasteiger partial charge in [0, 0.05) is 11.6 Å². The number of piperidine rings is 1. The molecule has 1 aliphatic rings. The van der Waals surface area contributed by atoms with Gasteiger partial charge in [-0.2, -0.15) is 13.2 Å². The van der Waals surface area contributed by atoms with E-state index < -0.39 is 11.7 Å². The first kappa shape index (κ1) is 19.2. The van der Waals surface area contributed by atoms with Gasteiger partial charge in [0.15, 0.2) is 0 Å². The molecule has 1 atom stereocenters. The predicted molar refractivity (Wildman–Crippen MR) is 105 cm³/mol. The summed E-state index contributed by atoms with van der Waals surface area (Å²) in [6, 6.07) is 5.60. The van der Waals surface area contributed by atoms with Crippen molar-refractivity contribution in [2.45, 2.75) is 38.4 Å². The van der Waals surface area contributed by atoms with Gasteiger partial charge >= 0.3 is 6.18 Å². The summed E-state index contributed by atoms with van der Waals surface area (Å²) < 4.78 is 40.7. The molecule has 1 unspecified atom stereocenters. The first-order valence-electron chi connectivity index (χ1n) is 9.45. The smallest absolute Gasteiger partial charge is 0.357 e. The number of hydrogen-bond acceptors (Lipinski definition) is 5. The molecule has 1 aliphatic heterocycles. The maximum atomic E-state index is 13.0. The Labute approximate surface area is 165 Å². The Morgan fingerprint density at radius 2 is 2.11 bits per heavy atom. The molecule has 1 fully saturated rings. The summed E-state index contributed by atoms with van der Waals surface area (Å²) >= 11 is 1.42. The third-order valence-electron chi connectivity index (χ3n) is 5.27. The van der Waals surface area contributed by atoms with Crippen LogP contribution >= 0.6 is 11.3 Å². The third-order valence-corrected chi connectivity index (χ3v) is 6.13. The maximum Gasteiger partial charge on any atom is 0.416 e. The van der Waals surface area contributed by atoms with Crippen LogP contribution in [0.5, 0.6) is 0 Å². The van der Waals surface area contributed by atoms with Crippen LogP contribution in [0.15, 0.2) is 30.5 Å². The minimum absolute atomic E-state index is 0.329. The predicted octanol–water partition coefficient (Wildman–Crippen LogP) is 4.67. The SMILES string of the molecule is CCC(Nc1nn2c(-c3cccc(C(F)(F)F)c3)cnc2s1)C1CCNCC1. The zero-order valence-corrected chi connectivity index (χ0v) is 16.3. The summed E-state index contributed by atoms with van der Waals surface area (Å²) in [5.41, 5.74) is 0.329. The van der Waals surface area contributed by atoms with Gasteiger partial charge in [0.2, 0.25) is 10.1 Å². The van der Waals surface area contributed by atoms with E-state index in [0.29, 0.717) is 28.2 Å². The Kier molecular flexibility index (Phi) is 5.29. The highest BCUT2D eigenvalue weighted by atomic mass is 32.1. The highest BCUT2D eigenvalue weighted by Gasteiger charge is 2.31. The standard InChI is InChI=1S/C19H22F3N5S/c1-2-15(12-6-8-23-9-7-12)25-17-26-27-16(11-24-18(27)28-17)13-4-3-5-14(10-13)19(20,21)22/h3-5,10-12,15,23H,2,6-9H2,1H3,(H,25,26). The lowest BCUT2D eigenvalue weighted by atomic mass is 9.89. The number of rotatable bonds is 5. The van der Waals surface area contributed by atoms with Crippen molar-refractivity contribution in [1.29, 1.82) is 0 Å². The summed E-state index contributed by atoms with van der Waals surface area (Å²) in [7, 11) is 0. The fourth-order valence-electron chi connectivity index (χ4n) is 3.76. The van der Waals surface area contributed by atoms with E-state index in [4.69, 9.17) is 0 Å². The average Bonchev–Trinajstić information content (AvgIpc) is 3.26. The topological polar surface area (TPSA) is 54.2 Å². The van der Waals surface area contributed by atoms with Crippen molar-refractivity contribution in [1.82, 2.24) is 19.9 Å². The van der Waals surface area contributed by atoms with Crippen LogP contribution in [-0.2, 0) is 6.18 Å². The second-order valence-corrected chi connectivity index (χ2v) is 8.03. The van der Waals surface area contributed by atoms with Crippen molar-refractivity contribution in [3.05, 3.63) is 36.0 Å². The number of aromatic nitrogens is 3. The third kappa shape index (κ3) is 3.86. The maximum absolute atomic E-state index is 13.0. The summed E-state index contributed by atoms with van der Waals surface area (Å²) in [5.74, 6) is 0.588. The van der Waals surface area contributed by atoms with Crippen LogP contribution in [0.2, 0.25) is 0 Å². The number of nitrogens with one attached hydrogen (secondary N) is 2. The van der Waals surface area contributed by atoms with Crippen LogP contribution < -0.4 is 10.6 Å². The number of benzene rings is 1. The largest absolute Gasteiger partial charge is 0.416 e. The van der Waals surface area contributed by atoms with Gasteiger partial charge < -0.3 is 10.6 Å². The van der Waals surface area contributed by atoms with Crippen LogP contribution in [-0.4, -0.2) is 33.7 Å². The van der Waals surface area contributed by atoms with Gasteiger partial charge in [0.1, 0.15) is 0 Å². The van der Waals surface area contributed by atoms with E-state index in [-0.39, 0.29) is 0 Å². The number of halogens is 3. The molecule has 0 amide bonds. The van der Waals surface area contributed by atoms with Crippen molar-refractivity contribution in [2.75, 3.05) is 18.4 Å². The highest BCUT2D eigenvalue weighted by molar-refractivity contribution is 7.20. The van der Waals surface area contributed by atoms with E-state index in [1.807, 2.05) is 0 Å². The molecule has 4 rings (SSSR count). The van der Waals surface area contributed by atoms with Crippen molar-refractivity contribution >= 4 is 21.4 Å². The van der Waals surface area contributed by atoms with Crippen LogP contribution in [0, 0.1) is 5.92 Å². The minimum Gasteiger partial charge on any atom is -0.357 e. The molecular weight excluding hydrogens is 387 g/mol. The average molecular weight is 409 g/mol. The van der Waals surface area contributed by atoms with E-state index in [1.165, 1.54) is 17.4 Å². The molecule has 1 aromatic carbocycles. The van der Waals surface area contributed by atoms with Gasteiger partial charge in [-0.05, 0) is 50.4 Å². The zero-order valence-electron chi connectivity index (χ0n) is 15.5. The van der Waals surface area contributed by atoms with Crippen molar-refractivity contribution in [3.63, 3.8) is 0 Å². The molecule has 0 bridgehead atoms. The van der Waals surface area contributed by atoms with E-state index in [9.17, 15) is 13.2 Å². The fourth-order valence-corrected chi connectivity index (χ4v) is 4.60. The Hall–Kier alpha value is -2.13. The lowest BCUT2D eigenvalue weighted by Gasteiger charge is -2.30. The molecule has 3 aromatic rings. The van der Waals surface area contributed by atoms with Crippen molar-refractivity contribution in [2.24, 2.45) is 5.92 Å². The molecule has 2 N–H and O–H groups in total. The number of fused-ring (bicyclic) bond motifs is 1. The molecule has 0 spiro atoms. The second-order valence-electron chi connectivity index (χ2n) is 7.07. The number of alkyl halides is 3. The number of hydrogen-bond donors (Lipinski definition) is 2. The molecule has 9 heteroatoms. The Morgan fingerprint density at radius 1 is 1.32 bits per heavy atom. The number of imidazole rings is 1. The molecule has 5 nitrogen and oxygen atoms in total. The molecule has 3 heterocycles. The number of anilines is 1. The monoisotopic (exact) mass is 409 g/mol. The van der Waals surface area contributed by atoms with Crippen molar-refractivity contribution < 1.29 is 13.2 Å². The summed E-state index contributed by atoms with van der Waals surface area (Å²) in [4.78, 5) is 5.00. The fraction of sp³-hybridized carbons (Fsp3) is 0.474. The quantitative estimate of drug-likeness (QED) is 0.643. The Balaban J connectivity index is 1.60. The minimum atomic E-state index is -4.38. The van der Waals surface area contributed by atoms with Gasteiger partial charge in [-0.3, -0.25) is 0 Å². The summed E-state index contributed by atoms with van der Waals surface area (Å²) in [6.07, 6.45) is 0.445. The van der Waals surface area contributed by atoms with Gasteiger partial charge in [0.05, 0.1) is 17.5 Å². The zero-order chi connectivity index (χ0) is 19.7. The van der Waals surface area contributed by atoms with Crippen LogP contribution in [0.1, 0.15) is 31.7 Å². The first-order valence-corrected chi connectivity index (χ1v) is 10.3. The van der Waals surface area contributed by atoms with E-state index >= 15 is 0 Å².